The molecule has 0 spiro atoms. The van der Waals surface area contributed by atoms with Crippen LogP contribution in [0.2, 0.25) is 0 Å². The molecule has 0 bridgehead atoms. The highest BCUT2D eigenvalue weighted by Gasteiger charge is 2.17. The summed E-state index contributed by atoms with van der Waals surface area (Å²) in [4.78, 5) is 32.6. The third kappa shape index (κ3) is 4.27. The predicted octanol–water partition coefficient (Wildman–Crippen LogP) is 2.21. The van der Waals surface area contributed by atoms with Gasteiger partial charge < -0.3 is 10.2 Å². The van der Waals surface area contributed by atoms with Crippen LogP contribution in [0.5, 0.6) is 0 Å². The summed E-state index contributed by atoms with van der Waals surface area (Å²) in [6, 6.07) is 3.21. The van der Waals surface area contributed by atoms with Gasteiger partial charge in [0, 0.05) is 0 Å². The lowest BCUT2D eigenvalue weighted by Gasteiger charge is -2.05. The minimum atomic E-state index is -1.14. The molecule has 1 aromatic rings. The molecule has 0 aliphatic heterocycles. The molecular weight excluding hydrogens is 264 g/mol. The summed E-state index contributed by atoms with van der Waals surface area (Å²) >= 11 is 0. The van der Waals surface area contributed by atoms with E-state index >= 15 is 0 Å². The van der Waals surface area contributed by atoms with Gasteiger partial charge in [-0.05, 0) is 37.6 Å². The molecule has 20 heavy (non-hydrogen) atoms. The van der Waals surface area contributed by atoms with Crippen molar-refractivity contribution in [2.75, 3.05) is 0 Å². The Morgan fingerprint density at radius 1 is 1.25 bits per heavy atom. The van der Waals surface area contributed by atoms with Gasteiger partial charge in [0.15, 0.2) is 5.78 Å². The molecule has 1 rings (SSSR count). The number of nitrogens with zero attached hydrogens (tertiary/aromatic N) is 2. The Balaban J connectivity index is 2.96. The molecule has 7 heteroatoms. The molecule has 2 N–H and O–H groups in total. The van der Waals surface area contributed by atoms with Crippen LogP contribution in [0.15, 0.2) is 28.4 Å². The van der Waals surface area contributed by atoms with E-state index in [2.05, 4.69) is 10.2 Å². The highest BCUT2D eigenvalue weighted by molar-refractivity contribution is 5.88. The number of carboxylic acid groups (broad SMARTS) is 2. The maximum Gasteiger partial charge on any atom is 0.335 e. The van der Waals surface area contributed by atoms with Crippen LogP contribution < -0.4 is 0 Å². The average molecular weight is 278 g/mol. The SMILES string of the molecule is CC(=O)C(CC(=O)O)N=Nc1ccc(C(=O)O)cc1C. The molecule has 0 aliphatic rings. The topological polar surface area (TPSA) is 116 Å². The Labute approximate surface area is 115 Å². The number of rotatable bonds is 6. The van der Waals surface area contributed by atoms with Crippen molar-refractivity contribution in [1.82, 2.24) is 0 Å². The quantitative estimate of drug-likeness (QED) is 0.774. The van der Waals surface area contributed by atoms with Gasteiger partial charge >= 0.3 is 11.9 Å². The number of hydrogen-bond donors (Lipinski definition) is 2. The van der Waals surface area contributed by atoms with E-state index in [1.54, 1.807) is 6.92 Å². The first-order valence-electron chi connectivity index (χ1n) is 5.78. The van der Waals surface area contributed by atoms with Gasteiger partial charge in [0.1, 0.15) is 6.04 Å². The number of aryl methyl sites for hydroxylation is 1. The van der Waals surface area contributed by atoms with Gasteiger partial charge in [-0.2, -0.15) is 10.2 Å². The number of azo groups is 1. The van der Waals surface area contributed by atoms with Gasteiger partial charge in [-0.3, -0.25) is 9.59 Å². The lowest BCUT2D eigenvalue weighted by atomic mass is 10.1. The molecule has 0 aliphatic carbocycles. The number of aromatic carboxylic acids is 1. The second-order valence-corrected chi connectivity index (χ2v) is 4.25. The molecular formula is C13H14N2O5. The molecule has 7 nitrogen and oxygen atoms in total. The number of carboxylic acids is 2. The monoisotopic (exact) mass is 278 g/mol. The van der Waals surface area contributed by atoms with E-state index in [9.17, 15) is 14.4 Å². The van der Waals surface area contributed by atoms with Gasteiger partial charge in [0.25, 0.3) is 0 Å². The first kappa shape index (κ1) is 15.5. The summed E-state index contributed by atoms with van der Waals surface area (Å²) in [6.07, 6.45) is -0.426. The summed E-state index contributed by atoms with van der Waals surface area (Å²) in [7, 11) is 0. The van der Waals surface area contributed by atoms with Crippen LogP contribution in [0.25, 0.3) is 0 Å². The fourth-order valence-corrected chi connectivity index (χ4v) is 1.46. The minimum Gasteiger partial charge on any atom is -0.481 e. The molecule has 0 aromatic heterocycles. The molecule has 0 amide bonds. The van der Waals surface area contributed by atoms with Crippen molar-refractivity contribution in [1.29, 1.82) is 0 Å². The maximum atomic E-state index is 11.2. The Morgan fingerprint density at radius 3 is 2.35 bits per heavy atom. The van der Waals surface area contributed by atoms with Gasteiger partial charge in [0.05, 0.1) is 17.7 Å². The van der Waals surface area contributed by atoms with Crippen molar-refractivity contribution >= 4 is 23.4 Å². The van der Waals surface area contributed by atoms with Crippen molar-refractivity contribution in [2.45, 2.75) is 26.3 Å². The zero-order chi connectivity index (χ0) is 15.3. The van der Waals surface area contributed by atoms with Crippen LogP contribution in [0, 0.1) is 6.92 Å². The molecule has 1 unspecified atom stereocenters. The van der Waals surface area contributed by atoms with E-state index < -0.39 is 30.2 Å². The maximum absolute atomic E-state index is 11.2. The Kier molecular flexibility index (Phi) is 5.08. The normalized spacial score (nSPS) is 12.3. The zero-order valence-corrected chi connectivity index (χ0v) is 11.0. The van der Waals surface area contributed by atoms with Gasteiger partial charge in [-0.15, -0.1) is 0 Å². The largest absolute Gasteiger partial charge is 0.481 e. The number of benzene rings is 1. The van der Waals surface area contributed by atoms with Crippen LogP contribution in [-0.4, -0.2) is 34.0 Å². The molecule has 0 heterocycles. The van der Waals surface area contributed by atoms with E-state index in [0.717, 1.165) is 0 Å². The Bertz CT molecular complexity index is 580. The van der Waals surface area contributed by atoms with Crippen LogP contribution in [-0.2, 0) is 9.59 Å². The number of aliphatic carboxylic acids is 1. The van der Waals surface area contributed by atoms with Crippen LogP contribution in [0.4, 0.5) is 5.69 Å². The highest BCUT2D eigenvalue weighted by Crippen LogP contribution is 2.21. The van der Waals surface area contributed by atoms with Crippen molar-refractivity contribution in [2.24, 2.45) is 10.2 Å². The first-order chi connectivity index (χ1) is 9.31. The average Bonchev–Trinajstić information content (AvgIpc) is 2.34. The second kappa shape index (κ2) is 6.55. The third-order valence-corrected chi connectivity index (χ3v) is 2.59. The molecule has 0 saturated carbocycles. The number of Topliss-reactive ketones (excluding diaryl/α,β-unsaturated/α-hetero) is 1. The van der Waals surface area contributed by atoms with E-state index in [1.807, 2.05) is 0 Å². The Hall–Kier alpha value is -2.57. The molecule has 106 valence electrons. The second-order valence-electron chi connectivity index (χ2n) is 4.25. The van der Waals surface area contributed by atoms with E-state index in [-0.39, 0.29) is 5.56 Å². The molecule has 1 atom stereocenters. The lowest BCUT2D eigenvalue weighted by molar-refractivity contribution is -0.139. The molecule has 0 saturated heterocycles. The summed E-state index contributed by atoms with van der Waals surface area (Å²) in [5.74, 6) is -2.58. The van der Waals surface area contributed by atoms with Gasteiger partial charge in [0.2, 0.25) is 0 Å². The van der Waals surface area contributed by atoms with Crippen molar-refractivity contribution in [3.8, 4) is 0 Å². The van der Waals surface area contributed by atoms with Crippen LogP contribution in [0.1, 0.15) is 29.3 Å². The summed E-state index contributed by atoms with van der Waals surface area (Å²) in [6.45, 7) is 2.90. The standard InChI is InChI=1S/C13H14N2O5/c1-7-5-9(13(19)20)3-4-10(7)14-15-11(8(2)16)6-12(17)18/h3-5,11H,6H2,1-2H3,(H,17,18)(H,19,20). The van der Waals surface area contributed by atoms with Crippen LogP contribution >= 0.6 is 0 Å². The smallest absolute Gasteiger partial charge is 0.335 e. The summed E-state index contributed by atoms with van der Waals surface area (Å²) < 4.78 is 0. The van der Waals surface area contributed by atoms with Crippen molar-refractivity contribution < 1.29 is 24.6 Å². The lowest BCUT2D eigenvalue weighted by Crippen LogP contribution is -2.18. The van der Waals surface area contributed by atoms with Crippen molar-refractivity contribution in [3.05, 3.63) is 29.3 Å². The number of hydrogen-bond acceptors (Lipinski definition) is 5. The minimum absolute atomic E-state index is 0.120. The fourth-order valence-electron chi connectivity index (χ4n) is 1.46. The molecule has 1 aromatic carbocycles. The Morgan fingerprint density at radius 2 is 1.90 bits per heavy atom. The summed E-state index contributed by atoms with van der Waals surface area (Å²) in [5, 5.41) is 25.0. The van der Waals surface area contributed by atoms with Gasteiger partial charge in [-0.25, -0.2) is 4.79 Å². The van der Waals surface area contributed by atoms with Gasteiger partial charge in [-0.1, -0.05) is 0 Å². The molecule has 0 fully saturated rings. The number of carbonyl (C=O) groups is 3. The third-order valence-electron chi connectivity index (χ3n) is 2.59. The first-order valence-corrected chi connectivity index (χ1v) is 5.78. The number of ketones is 1. The highest BCUT2D eigenvalue weighted by atomic mass is 16.4. The zero-order valence-electron chi connectivity index (χ0n) is 11.0. The van der Waals surface area contributed by atoms with E-state index in [4.69, 9.17) is 10.2 Å². The summed E-state index contributed by atoms with van der Waals surface area (Å²) in [5.41, 5.74) is 1.09. The predicted molar refractivity (Wildman–Crippen MR) is 69.4 cm³/mol. The van der Waals surface area contributed by atoms with Crippen molar-refractivity contribution in [3.63, 3.8) is 0 Å². The fraction of sp³-hybridized carbons (Fsp3) is 0.308. The van der Waals surface area contributed by atoms with E-state index in [0.29, 0.717) is 11.3 Å². The van der Waals surface area contributed by atoms with Crippen LogP contribution in [0.3, 0.4) is 0 Å². The number of carbonyl (C=O) groups excluding carboxylic acids is 1. The molecule has 0 radical (unpaired) electrons. The van der Waals surface area contributed by atoms with E-state index in [1.165, 1.54) is 25.1 Å².